The highest BCUT2D eigenvalue weighted by Gasteiger charge is 2.35. The van der Waals surface area contributed by atoms with Gasteiger partial charge in [-0.3, -0.25) is 4.79 Å². The third-order valence-electron chi connectivity index (χ3n) is 3.63. The first-order chi connectivity index (χ1) is 8.34. The molecule has 18 heavy (non-hydrogen) atoms. The van der Waals surface area contributed by atoms with Crippen LogP contribution in [0.1, 0.15) is 39.2 Å². The Morgan fingerprint density at radius 2 is 2.00 bits per heavy atom. The number of nitrogens with one attached hydrogen (secondary N) is 1. The van der Waals surface area contributed by atoms with Gasteiger partial charge in [0, 0.05) is 13.6 Å². The van der Waals surface area contributed by atoms with Crippen LogP contribution in [-0.4, -0.2) is 19.5 Å². The molecule has 0 atom stereocenters. The van der Waals surface area contributed by atoms with Crippen LogP contribution in [0, 0.1) is 5.41 Å². The molecule has 0 unspecified atom stereocenters. The van der Waals surface area contributed by atoms with E-state index < -0.39 is 0 Å². The molecule has 0 aliphatic carbocycles. The number of fused-ring (bicyclic) bond motifs is 1. The summed E-state index contributed by atoms with van der Waals surface area (Å²) < 4.78 is 0. The number of carbonyl (C=O) groups excluding carboxylic acids is 1. The number of nitrogens with zero attached hydrogens (tertiary/aromatic N) is 1. The highest BCUT2D eigenvalue weighted by atomic mass is 16.2. The number of amides is 1. The lowest BCUT2D eigenvalue weighted by molar-refractivity contribution is -0.125. The van der Waals surface area contributed by atoms with E-state index in [0.29, 0.717) is 12.5 Å². The predicted octanol–water partition coefficient (Wildman–Crippen LogP) is 3.22. The maximum Gasteiger partial charge on any atom is 0.234 e. The summed E-state index contributed by atoms with van der Waals surface area (Å²) in [6.07, 6.45) is 0. The molecule has 1 N–H and O–H groups in total. The number of hydrogen-bond donors (Lipinski definition) is 1. The third kappa shape index (κ3) is 1.98. The summed E-state index contributed by atoms with van der Waals surface area (Å²) in [6.45, 7) is 8.96. The van der Waals surface area contributed by atoms with Crippen LogP contribution in [0.2, 0.25) is 0 Å². The van der Waals surface area contributed by atoms with Gasteiger partial charge in [0.1, 0.15) is 0 Å². The smallest absolute Gasteiger partial charge is 0.234 e. The van der Waals surface area contributed by atoms with Gasteiger partial charge >= 0.3 is 0 Å². The Morgan fingerprint density at radius 1 is 1.33 bits per heavy atom. The number of anilines is 2. The second-order valence-electron chi connectivity index (χ2n) is 6.00. The average Bonchev–Trinajstić information content (AvgIpc) is 2.40. The van der Waals surface area contributed by atoms with Gasteiger partial charge in [0.25, 0.3) is 0 Å². The van der Waals surface area contributed by atoms with Gasteiger partial charge in [0.15, 0.2) is 0 Å². The van der Waals surface area contributed by atoms with Crippen molar-refractivity contribution < 1.29 is 4.79 Å². The van der Waals surface area contributed by atoms with E-state index in [1.54, 1.807) is 0 Å². The van der Waals surface area contributed by atoms with E-state index in [1.165, 1.54) is 5.56 Å². The Morgan fingerprint density at radius 3 is 2.61 bits per heavy atom. The minimum absolute atomic E-state index is 0.168. The molecule has 1 aromatic rings. The van der Waals surface area contributed by atoms with Crippen LogP contribution in [0.3, 0.4) is 0 Å². The number of hydrogen-bond acceptors (Lipinski definition) is 2. The molecule has 3 heteroatoms. The lowest BCUT2D eigenvalue weighted by Gasteiger charge is -2.27. The zero-order chi connectivity index (χ0) is 13.5. The van der Waals surface area contributed by atoms with Crippen molar-refractivity contribution in [3.8, 4) is 0 Å². The molecule has 2 rings (SSSR count). The number of carbonyl (C=O) groups is 1. The Labute approximate surface area is 109 Å². The van der Waals surface area contributed by atoms with Crippen LogP contribution in [0.25, 0.3) is 0 Å². The zero-order valence-corrected chi connectivity index (χ0v) is 11.9. The van der Waals surface area contributed by atoms with E-state index in [4.69, 9.17) is 0 Å². The standard InChI is InChI=1S/C15H22N2O/c1-10(2)11-7-6-8-12-13(11)17(5)14(18)15(3,4)9-16-12/h6-8,10,16H,9H2,1-5H3. The van der Waals surface area contributed by atoms with Gasteiger partial charge in [-0.05, 0) is 31.4 Å². The van der Waals surface area contributed by atoms with Crippen molar-refractivity contribution in [2.75, 3.05) is 23.8 Å². The molecule has 1 aromatic carbocycles. The summed E-state index contributed by atoms with van der Waals surface area (Å²) >= 11 is 0. The fourth-order valence-electron chi connectivity index (χ4n) is 2.49. The average molecular weight is 246 g/mol. The lowest BCUT2D eigenvalue weighted by Crippen LogP contribution is -2.40. The van der Waals surface area contributed by atoms with Crippen molar-refractivity contribution in [3.05, 3.63) is 23.8 Å². The van der Waals surface area contributed by atoms with Gasteiger partial charge in [-0.25, -0.2) is 0 Å². The van der Waals surface area contributed by atoms with Gasteiger partial charge < -0.3 is 10.2 Å². The number of para-hydroxylation sites is 1. The maximum atomic E-state index is 12.5. The first-order valence-corrected chi connectivity index (χ1v) is 6.49. The maximum absolute atomic E-state index is 12.5. The van der Waals surface area contributed by atoms with E-state index in [-0.39, 0.29) is 11.3 Å². The van der Waals surface area contributed by atoms with E-state index in [0.717, 1.165) is 11.4 Å². The van der Waals surface area contributed by atoms with Crippen LogP contribution in [0.4, 0.5) is 11.4 Å². The summed E-state index contributed by atoms with van der Waals surface area (Å²) in [5.41, 5.74) is 2.93. The summed E-state index contributed by atoms with van der Waals surface area (Å²) in [7, 11) is 1.88. The summed E-state index contributed by atoms with van der Waals surface area (Å²) in [5, 5.41) is 3.41. The molecule has 1 heterocycles. The normalized spacial score (nSPS) is 18.3. The van der Waals surface area contributed by atoms with Gasteiger partial charge in [-0.15, -0.1) is 0 Å². The second kappa shape index (κ2) is 4.30. The van der Waals surface area contributed by atoms with Crippen molar-refractivity contribution in [2.24, 2.45) is 5.41 Å². The molecule has 1 aliphatic rings. The van der Waals surface area contributed by atoms with E-state index in [2.05, 4.69) is 31.3 Å². The van der Waals surface area contributed by atoms with Gasteiger partial charge in [-0.1, -0.05) is 26.0 Å². The zero-order valence-electron chi connectivity index (χ0n) is 11.9. The van der Waals surface area contributed by atoms with Gasteiger partial charge in [-0.2, -0.15) is 0 Å². The summed E-state index contributed by atoms with van der Waals surface area (Å²) in [4.78, 5) is 14.3. The third-order valence-corrected chi connectivity index (χ3v) is 3.63. The molecule has 0 saturated heterocycles. The molecular weight excluding hydrogens is 224 g/mol. The molecule has 0 aromatic heterocycles. The second-order valence-corrected chi connectivity index (χ2v) is 6.00. The number of rotatable bonds is 1. The Balaban J connectivity index is 2.59. The fourth-order valence-corrected chi connectivity index (χ4v) is 2.49. The van der Waals surface area contributed by atoms with Crippen LogP contribution < -0.4 is 10.2 Å². The van der Waals surface area contributed by atoms with Crippen LogP contribution in [0.15, 0.2) is 18.2 Å². The van der Waals surface area contributed by atoms with Gasteiger partial charge in [0.2, 0.25) is 5.91 Å². The molecule has 1 amide bonds. The summed E-state index contributed by atoms with van der Waals surface area (Å²) in [5.74, 6) is 0.570. The van der Waals surface area contributed by atoms with Gasteiger partial charge in [0.05, 0.1) is 16.8 Å². The van der Waals surface area contributed by atoms with Crippen molar-refractivity contribution >= 4 is 17.3 Å². The number of benzene rings is 1. The first-order valence-electron chi connectivity index (χ1n) is 6.49. The molecule has 1 aliphatic heterocycles. The molecular formula is C15H22N2O. The molecule has 0 bridgehead atoms. The fraction of sp³-hybridized carbons (Fsp3) is 0.533. The van der Waals surface area contributed by atoms with E-state index in [9.17, 15) is 4.79 Å². The Kier molecular flexibility index (Phi) is 3.09. The quantitative estimate of drug-likeness (QED) is 0.825. The molecule has 0 fully saturated rings. The van der Waals surface area contributed by atoms with Crippen molar-refractivity contribution in [1.82, 2.24) is 0 Å². The van der Waals surface area contributed by atoms with E-state index >= 15 is 0 Å². The van der Waals surface area contributed by atoms with Crippen molar-refractivity contribution in [2.45, 2.75) is 33.6 Å². The first kappa shape index (κ1) is 12.9. The molecule has 98 valence electrons. The molecule has 0 radical (unpaired) electrons. The van der Waals surface area contributed by atoms with E-state index in [1.807, 2.05) is 31.9 Å². The van der Waals surface area contributed by atoms with Crippen molar-refractivity contribution in [1.29, 1.82) is 0 Å². The molecule has 0 saturated carbocycles. The Bertz CT molecular complexity index is 477. The van der Waals surface area contributed by atoms with Crippen LogP contribution >= 0.6 is 0 Å². The largest absolute Gasteiger partial charge is 0.382 e. The molecule has 0 spiro atoms. The van der Waals surface area contributed by atoms with Crippen LogP contribution in [0.5, 0.6) is 0 Å². The SMILES string of the molecule is CC(C)c1cccc2c1N(C)C(=O)C(C)(C)CN2. The Hall–Kier alpha value is -1.51. The van der Waals surface area contributed by atoms with Crippen LogP contribution in [-0.2, 0) is 4.79 Å². The topological polar surface area (TPSA) is 32.3 Å². The summed E-state index contributed by atoms with van der Waals surface area (Å²) in [6, 6.07) is 6.21. The van der Waals surface area contributed by atoms with Crippen molar-refractivity contribution in [3.63, 3.8) is 0 Å². The minimum atomic E-state index is -0.373. The highest BCUT2D eigenvalue weighted by Crippen LogP contribution is 2.38. The minimum Gasteiger partial charge on any atom is -0.382 e. The molecule has 3 nitrogen and oxygen atoms in total. The lowest BCUT2D eigenvalue weighted by atomic mass is 9.92. The monoisotopic (exact) mass is 246 g/mol. The highest BCUT2D eigenvalue weighted by molar-refractivity contribution is 6.02. The predicted molar refractivity (Wildman–Crippen MR) is 76.2 cm³/mol.